The van der Waals surface area contributed by atoms with Crippen molar-refractivity contribution in [3.63, 3.8) is 0 Å². The Balaban J connectivity index is 1.88. The van der Waals surface area contributed by atoms with E-state index in [1.165, 1.54) is 11.3 Å². The molecule has 5 heteroatoms. The molecule has 1 saturated carbocycles. The SMILES string of the molecule is Cc1cnc(NC(=O)C2CCC(N)CC2)s1. The molecular formula is C11H17N3OS. The van der Waals surface area contributed by atoms with E-state index in [1.54, 1.807) is 6.20 Å². The Morgan fingerprint density at radius 3 is 2.75 bits per heavy atom. The molecule has 88 valence electrons. The highest BCUT2D eigenvalue weighted by atomic mass is 32.1. The lowest BCUT2D eigenvalue weighted by Gasteiger charge is -2.24. The van der Waals surface area contributed by atoms with Gasteiger partial charge in [-0.2, -0.15) is 0 Å². The molecule has 1 amide bonds. The Kier molecular flexibility index (Phi) is 3.56. The first kappa shape index (κ1) is 11.5. The zero-order chi connectivity index (χ0) is 11.5. The minimum absolute atomic E-state index is 0.0984. The number of carbonyl (C=O) groups is 1. The lowest BCUT2D eigenvalue weighted by Crippen LogP contribution is -2.32. The minimum atomic E-state index is 0.0984. The Bertz CT molecular complexity index is 369. The second kappa shape index (κ2) is 4.93. The molecule has 1 aliphatic carbocycles. The Morgan fingerprint density at radius 2 is 2.19 bits per heavy atom. The number of hydrogen-bond acceptors (Lipinski definition) is 4. The normalized spacial score (nSPS) is 25.4. The molecule has 1 aliphatic rings. The molecule has 0 saturated heterocycles. The van der Waals surface area contributed by atoms with Crippen LogP contribution in [0.4, 0.5) is 5.13 Å². The van der Waals surface area contributed by atoms with Gasteiger partial charge in [-0.15, -0.1) is 11.3 Å². The van der Waals surface area contributed by atoms with Crippen LogP contribution in [-0.2, 0) is 4.79 Å². The smallest absolute Gasteiger partial charge is 0.229 e. The predicted octanol–water partition coefficient (Wildman–Crippen LogP) is 1.91. The number of aromatic nitrogens is 1. The van der Waals surface area contributed by atoms with Crippen LogP contribution in [0.3, 0.4) is 0 Å². The van der Waals surface area contributed by atoms with E-state index < -0.39 is 0 Å². The van der Waals surface area contributed by atoms with Crippen LogP contribution in [0.15, 0.2) is 6.20 Å². The van der Waals surface area contributed by atoms with Crippen molar-refractivity contribution >= 4 is 22.4 Å². The predicted molar refractivity (Wildman–Crippen MR) is 65.4 cm³/mol. The van der Waals surface area contributed by atoms with E-state index in [2.05, 4.69) is 10.3 Å². The van der Waals surface area contributed by atoms with Crippen LogP contribution >= 0.6 is 11.3 Å². The molecule has 1 fully saturated rings. The van der Waals surface area contributed by atoms with E-state index in [9.17, 15) is 4.79 Å². The summed E-state index contributed by atoms with van der Waals surface area (Å²) in [5.41, 5.74) is 5.81. The summed E-state index contributed by atoms with van der Waals surface area (Å²) in [5, 5.41) is 3.58. The van der Waals surface area contributed by atoms with E-state index in [4.69, 9.17) is 5.73 Å². The summed E-state index contributed by atoms with van der Waals surface area (Å²) >= 11 is 1.51. The van der Waals surface area contributed by atoms with Gasteiger partial charge in [0.1, 0.15) is 0 Å². The fourth-order valence-electron chi connectivity index (χ4n) is 2.00. The zero-order valence-electron chi connectivity index (χ0n) is 9.40. The summed E-state index contributed by atoms with van der Waals surface area (Å²) in [4.78, 5) is 17.1. The first-order valence-corrected chi connectivity index (χ1v) is 6.45. The van der Waals surface area contributed by atoms with Crippen LogP contribution in [0.5, 0.6) is 0 Å². The number of nitrogens with one attached hydrogen (secondary N) is 1. The van der Waals surface area contributed by atoms with Gasteiger partial charge >= 0.3 is 0 Å². The summed E-state index contributed by atoms with van der Waals surface area (Å²) in [6.45, 7) is 1.98. The van der Waals surface area contributed by atoms with Gasteiger partial charge in [-0.3, -0.25) is 4.79 Å². The van der Waals surface area contributed by atoms with Crippen LogP contribution in [0.2, 0.25) is 0 Å². The third-order valence-corrected chi connectivity index (χ3v) is 3.82. The lowest BCUT2D eigenvalue weighted by atomic mass is 9.86. The van der Waals surface area contributed by atoms with Crippen molar-refractivity contribution in [2.45, 2.75) is 38.6 Å². The van der Waals surface area contributed by atoms with E-state index >= 15 is 0 Å². The Labute approximate surface area is 99.3 Å². The van der Waals surface area contributed by atoms with E-state index in [0.717, 1.165) is 30.6 Å². The molecular weight excluding hydrogens is 222 g/mol. The summed E-state index contributed by atoms with van der Waals surface area (Å²) in [6.07, 6.45) is 5.48. The average molecular weight is 239 g/mol. The molecule has 4 nitrogen and oxygen atoms in total. The molecule has 0 aliphatic heterocycles. The lowest BCUT2D eigenvalue weighted by molar-refractivity contribution is -0.120. The molecule has 1 heterocycles. The van der Waals surface area contributed by atoms with Gasteiger partial charge in [-0.25, -0.2) is 4.98 Å². The number of aryl methyl sites for hydroxylation is 1. The topological polar surface area (TPSA) is 68.0 Å². The standard InChI is InChI=1S/C11H17N3OS/c1-7-6-13-11(16-7)14-10(15)8-2-4-9(12)5-3-8/h6,8-9H,2-5,12H2,1H3,(H,13,14,15). The summed E-state index contributed by atoms with van der Waals surface area (Å²) in [7, 11) is 0. The summed E-state index contributed by atoms with van der Waals surface area (Å²) < 4.78 is 0. The van der Waals surface area contributed by atoms with Crippen LogP contribution < -0.4 is 11.1 Å². The number of amides is 1. The summed E-state index contributed by atoms with van der Waals surface area (Å²) in [6, 6.07) is 0.283. The first-order valence-electron chi connectivity index (χ1n) is 5.64. The molecule has 1 aromatic heterocycles. The number of hydrogen-bond donors (Lipinski definition) is 2. The molecule has 0 aromatic carbocycles. The highest BCUT2D eigenvalue weighted by Gasteiger charge is 2.24. The highest BCUT2D eigenvalue weighted by Crippen LogP contribution is 2.25. The van der Waals surface area contributed by atoms with Crippen LogP contribution in [-0.4, -0.2) is 16.9 Å². The second-order valence-electron chi connectivity index (χ2n) is 4.38. The number of rotatable bonds is 2. The molecule has 0 unspecified atom stereocenters. The Hall–Kier alpha value is -0.940. The monoisotopic (exact) mass is 239 g/mol. The molecule has 0 spiro atoms. The van der Waals surface area contributed by atoms with Gasteiger partial charge in [0, 0.05) is 23.0 Å². The number of carbonyl (C=O) groups excluding carboxylic acids is 1. The van der Waals surface area contributed by atoms with Gasteiger partial charge in [0.05, 0.1) is 0 Å². The molecule has 3 N–H and O–H groups in total. The first-order chi connectivity index (χ1) is 7.65. The maximum absolute atomic E-state index is 11.9. The van der Waals surface area contributed by atoms with Crippen molar-refractivity contribution in [2.24, 2.45) is 11.7 Å². The fraction of sp³-hybridized carbons (Fsp3) is 0.636. The van der Waals surface area contributed by atoms with Crippen LogP contribution in [0.25, 0.3) is 0 Å². The molecule has 0 radical (unpaired) electrons. The summed E-state index contributed by atoms with van der Waals surface area (Å²) in [5.74, 6) is 0.213. The zero-order valence-corrected chi connectivity index (χ0v) is 10.2. The van der Waals surface area contributed by atoms with Gasteiger partial charge in [0.2, 0.25) is 5.91 Å². The van der Waals surface area contributed by atoms with E-state index in [1.807, 2.05) is 6.92 Å². The maximum atomic E-state index is 11.9. The molecule has 1 aromatic rings. The van der Waals surface area contributed by atoms with Crippen LogP contribution in [0.1, 0.15) is 30.6 Å². The largest absolute Gasteiger partial charge is 0.328 e. The highest BCUT2D eigenvalue weighted by molar-refractivity contribution is 7.15. The van der Waals surface area contributed by atoms with Gasteiger partial charge in [-0.05, 0) is 32.6 Å². The molecule has 16 heavy (non-hydrogen) atoms. The van der Waals surface area contributed by atoms with E-state index in [-0.39, 0.29) is 17.9 Å². The Morgan fingerprint density at radius 1 is 1.50 bits per heavy atom. The number of nitrogens with zero attached hydrogens (tertiary/aromatic N) is 1. The maximum Gasteiger partial charge on any atom is 0.229 e. The second-order valence-corrected chi connectivity index (χ2v) is 5.61. The van der Waals surface area contributed by atoms with Crippen molar-refractivity contribution in [2.75, 3.05) is 5.32 Å². The number of nitrogens with two attached hydrogens (primary N) is 1. The van der Waals surface area contributed by atoms with Crippen LogP contribution in [0, 0.1) is 12.8 Å². The fourth-order valence-corrected chi connectivity index (χ4v) is 2.67. The third kappa shape index (κ3) is 2.80. The van der Waals surface area contributed by atoms with E-state index in [0.29, 0.717) is 5.13 Å². The van der Waals surface area contributed by atoms with Crippen molar-refractivity contribution in [1.29, 1.82) is 0 Å². The van der Waals surface area contributed by atoms with Crippen molar-refractivity contribution in [3.8, 4) is 0 Å². The van der Waals surface area contributed by atoms with Gasteiger partial charge in [0.25, 0.3) is 0 Å². The molecule has 2 rings (SSSR count). The number of thiazole rings is 1. The molecule has 0 bridgehead atoms. The van der Waals surface area contributed by atoms with Gasteiger partial charge in [0.15, 0.2) is 5.13 Å². The average Bonchev–Trinajstić information content (AvgIpc) is 2.65. The van der Waals surface area contributed by atoms with Gasteiger partial charge in [-0.1, -0.05) is 0 Å². The quantitative estimate of drug-likeness (QED) is 0.828. The van der Waals surface area contributed by atoms with Crippen molar-refractivity contribution < 1.29 is 4.79 Å². The van der Waals surface area contributed by atoms with Crippen molar-refractivity contribution in [3.05, 3.63) is 11.1 Å². The van der Waals surface area contributed by atoms with Crippen molar-refractivity contribution in [1.82, 2.24) is 4.98 Å². The molecule has 0 atom stereocenters. The minimum Gasteiger partial charge on any atom is -0.328 e. The van der Waals surface area contributed by atoms with Gasteiger partial charge < -0.3 is 11.1 Å². The number of anilines is 1. The third-order valence-electron chi connectivity index (χ3n) is 2.99.